The largest absolute Gasteiger partial charge is 0.392 e. The topological polar surface area (TPSA) is 55.8 Å². The summed E-state index contributed by atoms with van der Waals surface area (Å²) in [7, 11) is 0. The predicted octanol–water partition coefficient (Wildman–Crippen LogP) is 4.87. The van der Waals surface area contributed by atoms with E-state index in [1.807, 2.05) is 11.2 Å². The van der Waals surface area contributed by atoms with Crippen molar-refractivity contribution in [1.29, 1.82) is 0 Å². The normalized spacial score (nSPS) is 21.4. The zero-order chi connectivity index (χ0) is 25.4. The zero-order valence-corrected chi connectivity index (χ0v) is 20.5. The first-order valence-electron chi connectivity index (χ1n) is 12.5. The Kier molecular flexibility index (Phi) is 6.67. The second kappa shape index (κ2) is 9.90. The molecule has 5 nitrogen and oxygen atoms in total. The second-order valence-electron chi connectivity index (χ2n) is 9.84. The molecule has 36 heavy (non-hydrogen) atoms. The lowest BCUT2D eigenvalue weighted by molar-refractivity contribution is -0.135. The van der Waals surface area contributed by atoms with Crippen LogP contribution in [0.2, 0.25) is 0 Å². The fraction of sp³-hybridized carbons (Fsp3) is 0.345. The Morgan fingerprint density at radius 3 is 2.67 bits per heavy atom. The number of anilines is 1. The lowest BCUT2D eigenvalue weighted by atomic mass is 9.80. The van der Waals surface area contributed by atoms with E-state index in [4.69, 9.17) is 0 Å². The summed E-state index contributed by atoms with van der Waals surface area (Å²) >= 11 is 0. The molecule has 0 spiro atoms. The van der Waals surface area contributed by atoms with Crippen molar-refractivity contribution >= 4 is 11.6 Å². The van der Waals surface area contributed by atoms with Gasteiger partial charge in [-0.1, -0.05) is 25.1 Å². The van der Waals surface area contributed by atoms with Gasteiger partial charge in [-0.15, -0.1) is 0 Å². The first-order valence-corrected chi connectivity index (χ1v) is 12.5. The quantitative estimate of drug-likeness (QED) is 0.581. The Hall–Kier alpha value is -3.45. The van der Waals surface area contributed by atoms with E-state index in [1.54, 1.807) is 42.2 Å². The highest BCUT2D eigenvalue weighted by molar-refractivity contribution is 5.84. The molecule has 3 aliphatic rings. The molecule has 0 unspecified atom stereocenters. The summed E-state index contributed by atoms with van der Waals surface area (Å²) in [4.78, 5) is 15.5. The highest BCUT2D eigenvalue weighted by Crippen LogP contribution is 2.48. The van der Waals surface area contributed by atoms with Gasteiger partial charge in [-0.2, -0.15) is 0 Å². The lowest BCUT2D eigenvalue weighted by Crippen LogP contribution is -2.42. The number of benzene rings is 2. The summed E-state index contributed by atoms with van der Waals surface area (Å²) in [6.07, 6.45) is 5.31. The van der Waals surface area contributed by atoms with E-state index in [0.29, 0.717) is 24.9 Å². The van der Waals surface area contributed by atoms with Crippen LogP contribution in [0.15, 0.2) is 83.2 Å². The van der Waals surface area contributed by atoms with Gasteiger partial charge in [-0.3, -0.25) is 9.80 Å². The number of nitrogens with one attached hydrogen (secondary N) is 1. The molecule has 0 fully saturated rings. The molecule has 7 heteroatoms. The number of nitrogens with zero attached hydrogens (tertiary/aromatic N) is 2. The average molecular weight is 492 g/mol. The molecular formula is C29H31F2N3O2. The SMILES string of the molecule is C[C@H]1C2=CNN(c3ccc(F)cc3)C2=CC2=C1[C@@H](C(=O)N(CCc1ccccc1F)C[C@H](C)O)CC2. The van der Waals surface area contributed by atoms with E-state index in [0.717, 1.165) is 34.5 Å². The fourth-order valence-electron chi connectivity index (χ4n) is 5.64. The molecule has 3 atom stereocenters. The van der Waals surface area contributed by atoms with Crippen LogP contribution in [0, 0.1) is 23.5 Å². The summed E-state index contributed by atoms with van der Waals surface area (Å²) in [5, 5.41) is 12.0. The van der Waals surface area contributed by atoms with Crippen LogP contribution in [0.3, 0.4) is 0 Å². The van der Waals surface area contributed by atoms with Gasteiger partial charge in [0.15, 0.2) is 0 Å². The molecule has 0 bridgehead atoms. The standard InChI is InChI=1S/C29H31F2N3O2/c1-18(35)17-33(14-13-20-5-3-4-6-26(20)31)29(36)24-12-7-21-15-27-25(19(2)28(21)24)16-32-34(27)23-10-8-22(30)9-11-23/h3-6,8-11,15-16,18-19,24,32,35H,7,12-14,17H2,1-2H3/t18-,19-,24-/m0/s1. The number of allylic oxidation sites excluding steroid dienone is 3. The monoisotopic (exact) mass is 491 g/mol. The Morgan fingerprint density at radius 1 is 1.19 bits per heavy atom. The lowest BCUT2D eigenvalue weighted by Gasteiger charge is -2.32. The molecule has 0 aromatic heterocycles. The van der Waals surface area contributed by atoms with Crippen LogP contribution in [0.4, 0.5) is 14.5 Å². The van der Waals surface area contributed by atoms with Gasteiger partial charge in [0.1, 0.15) is 11.6 Å². The molecule has 2 aromatic carbocycles. The number of hydrazine groups is 1. The van der Waals surface area contributed by atoms with Crippen LogP contribution in [0.1, 0.15) is 32.3 Å². The van der Waals surface area contributed by atoms with Crippen molar-refractivity contribution < 1.29 is 18.7 Å². The van der Waals surface area contributed by atoms with E-state index < -0.39 is 6.10 Å². The number of halogens is 2. The van der Waals surface area contributed by atoms with E-state index in [2.05, 4.69) is 18.4 Å². The summed E-state index contributed by atoms with van der Waals surface area (Å²) in [5.41, 5.74) is 9.07. The minimum absolute atomic E-state index is 0.0112. The van der Waals surface area contributed by atoms with Crippen molar-refractivity contribution in [2.45, 2.75) is 39.2 Å². The Labute approximate surface area is 210 Å². The molecule has 5 rings (SSSR count). The Bertz CT molecular complexity index is 1250. The van der Waals surface area contributed by atoms with E-state index in [1.165, 1.54) is 18.2 Å². The maximum Gasteiger partial charge on any atom is 0.229 e. The van der Waals surface area contributed by atoms with Crippen molar-refractivity contribution in [2.24, 2.45) is 11.8 Å². The predicted molar refractivity (Wildman–Crippen MR) is 135 cm³/mol. The van der Waals surface area contributed by atoms with Crippen LogP contribution < -0.4 is 10.4 Å². The third-order valence-corrected chi connectivity index (χ3v) is 7.37. The molecular weight excluding hydrogens is 460 g/mol. The maximum absolute atomic E-state index is 14.2. The number of hydrogen-bond donors (Lipinski definition) is 2. The van der Waals surface area contributed by atoms with E-state index >= 15 is 0 Å². The number of fused-ring (bicyclic) bond motifs is 1. The van der Waals surface area contributed by atoms with Gasteiger partial charge in [-0.05, 0) is 79.3 Å². The zero-order valence-electron chi connectivity index (χ0n) is 20.5. The third-order valence-electron chi connectivity index (χ3n) is 7.37. The van der Waals surface area contributed by atoms with E-state index in [9.17, 15) is 18.7 Å². The van der Waals surface area contributed by atoms with Crippen LogP contribution in [0.5, 0.6) is 0 Å². The number of carbonyl (C=O) groups is 1. The highest BCUT2D eigenvalue weighted by atomic mass is 19.1. The first kappa shape index (κ1) is 24.3. The van der Waals surface area contributed by atoms with Gasteiger partial charge in [0, 0.05) is 30.8 Å². The number of rotatable bonds is 7. The van der Waals surface area contributed by atoms with Crippen molar-refractivity contribution in [2.75, 3.05) is 18.1 Å². The summed E-state index contributed by atoms with van der Waals surface area (Å²) in [6.45, 7) is 4.35. The van der Waals surface area contributed by atoms with Crippen molar-refractivity contribution in [1.82, 2.24) is 10.3 Å². The fourth-order valence-corrected chi connectivity index (χ4v) is 5.64. The van der Waals surface area contributed by atoms with Crippen molar-refractivity contribution in [3.8, 4) is 0 Å². The third kappa shape index (κ3) is 4.55. The molecule has 2 aromatic rings. The molecule has 0 saturated heterocycles. The summed E-state index contributed by atoms with van der Waals surface area (Å²) in [6, 6.07) is 13.0. The van der Waals surface area contributed by atoms with Crippen LogP contribution in [0.25, 0.3) is 0 Å². The van der Waals surface area contributed by atoms with Gasteiger partial charge >= 0.3 is 0 Å². The van der Waals surface area contributed by atoms with Crippen molar-refractivity contribution in [3.63, 3.8) is 0 Å². The number of amides is 1. The molecule has 0 radical (unpaired) electrons. The molecule has 2 aliphatic carbocycles. The number of aliphatic hydroxyl groups excluding tert-OH is 1. The minimum atomic E-state index is -0.675. The molecule has 0 saturated carbocycles. The first-order chi connectivity index (χ1) is 17.3. The smallest absolute Gasteiger partial charge is 0.229 e. The Morgan fingerprint density at radius 2 is 1.94 bits per heavy atom. The van der Waals surface area contributed by atoms with Crippen LogP contribution >= 0.6 is 0 Å². The van der Waals surface area contributed by atoms with Gasteiger partial charge in [0.05, 0.1) is 23.4 Å². The van der Waals surface area contributed by atoms with Gasteiger partial charge in [0.25, 0.3) is 0 Å². The van der Waals surface area contributed by atoms with Gasteiger partial charge in [-0.25, -0.2) is 8.78 Å². The number of hydrogen-bond acceptors (Lipinski definition) is 4. The summed E-state index contributed by atoms with van der Waals surface area (Å²) in [5.74, 6) is -0.807. The van der Waals surface area contributed by atoms with Crippen molar-refractivity contribution in [3.05, 3.63) is 100 Å². The highest BCUT2D eigenvalue weighted by Gasteiger charge is 2.41. The molecule has 1 heterocycles. The van der Waals surface area contributed by atoms with Gasteiger partial charge < -0.3 is 15.4 Å². The number of aliphatic hydroxyl groups is 1. The molecule has 188 valence electrons. The second-order valence-corrected chi connectivity index (χ2v) is 9.84. The van der Waals surface area contributed by atoms with E-state index in [-0.39, 0.29) is 35.9 Å². The molecule has 1 amide bonds. The van der Waals surface area contributed by atoms with Crippen LogP contribution in [-0.2, 0) is 11.2 Å². The Balaban J connectivity index is 1.39. The summed E-state index contributed by atoms with van der Waals surface area (Å²) < 4.78 is 27.6. The van der Waals surface area contributed by atoms with Crippen LogP contribution in [-0.4, -0.2) is 35.1 Å². The molecule has 2 N–H and O–H groups in total. The number of carbonyl (C=O) groups excluding carboxylic acids is 1. The maximum atomic E-state index is 14.2. The average Bonchev–Trinajstić information content (AvgIpc) is 3.48. The minimum Gasteiger partial charge on any atom is -0.392 e. The molecule has 1 aliphatic heterocycles. The van der Waals surface area contributed by atoms with Gasteiger partial charge in [0.2, 0.25) is 5.91 Å².